The lowest BCUT2D eigenvalue weighted by Crippen LogP contribution is -2.38. The number of benzene rings is 1. The molecule has 2 rings (SSSR count). The Kier molecular flexibility index (Phi) is 3.82. The Morgan fingerprint density at radius 1 is 1.39 bits per heavy atom. The van der Waals surface area contributed by atoms with E-state index in [0.29, 0.717) is 16.0 Å². The minimum atomic E-state index is 0.460. The minimum Gasteiger partial charge on any atom is -0.370 e. The van der Waals surface area contributed by atoms with Gasteiger partial charge in [-0.1, -0.05) is 37.9 Å². The summed E-state index contributed by atoms with van der Waals surface area (Å²) in [4.78, 5) is 2.29. The highest BCUT2D eigenvalue weighted by Crippen LogP contribution is 2.37. The van der Waals surface area contributed by atoms with Crippen LogP contribution in [-0.4, -0.2) is 13.1 Å². The zero-order chi connectivity index (χ0) is 13.2. The van der Waals surface area contributed by atoms with E-state index in [0.717, 1.165) is 18.8 Å². The second-order valence-electron chi connectivity index (χ2n) is 5.40. The van der Waals surface area contributed by atoms with Crippen LogP contribution in [0.5, 0.6) is 0 Å². The van der Waals surface area contributed by atoms with Crippen LogP contribution >= 0.6 is 11.6 Å². The summed E-state index contributed by atoms with van der Waals surface area (Å²) in [5.74, 6) is 0. The van der Waals surface area contributed by atoms with Crippen molar-refractivity contribution in [2.24, 2.45) is 5.41 Å². The molecule has 0 amide bonds. The lowest BCUT2D eigenvalue weighted by molar-refractivity contribution is 0.238. The predicted molar refractivity (Wildman–Crippen MR) is 76.0 cm³/mol. The summed E-state index contributed by atoms with van der Waals surface area (Å²) in [5, 5.41) is 9.77. The molecule has 0 N–H and O–H groups in total. The van der Waals surface area contributed by atoms with Crippen molar-refractivity contribution in [3.63, 3.8) is 0 Å². The van der Waals surface area contributed by atoms with Crippen LogP contribution in [0.15, 0.2) is 18.2 Å². The molecule has 0 bridgehead atoms. The molecule has 2 nitrogen and oxygen atoms in total. The van der Waals surface area contributed by atoms with Crippen molar-refractivity contribution >= 4 is 17.3 Å². The van der Waals surface area contributed by atoms with Gasteiger partial charge in [0.05, 0.1) is 16.3 Å². The molecule has 0 atom stereocenters. The van der Waals surface area contributed by atoms with Crippen LogP contribution in [0, 0.1) is 16.7 Å². The lowest BCUT2D eigenvalue weighted by Gasteiger charge is -2.40. The van der Waals surface area contributed by atoms with E-state index >= 15 is 0 Å². The number of rotatable bonds is 2. The van der Waals surface area contributed by atoms with E-state index in [4.69, 9.17) is 11.6 Å². The van der Waals surface area contributed by atoms with E-state index in [-0.39, 0.29) is 0 Å². The summed E-state index contributed by atoms with van der Waals surface area (Å²) in [7, 11) is 0. The maximum atomic E-state index is 9.22. The molecule has 0 radical (unpaired) electrons. The maximum Gasteiger partial charge on any atom is 0.103 e. The van der Waals surface area contributed by atoms with Gasteiger partial charge in [0.15, 0.2) is 0 Å². The second kappa shape index (κ2) is 5.20. The molecule has 1 aliphatic heterocycles. The summed E-state index contributed by atoms with van der Waals surface area (Å²) in [6, 6.07) is 7.93. The van der Waals surface area contributed by atoms with Crippen LogP contribution in [0.3, 0.4) is 0 Å². The second-order valence-corrected chi connectivity index (χ2v) is 5.80. The highest BCUT2D eigenvalue weighted by atomic mass is 35.5. The average molecular weight is 263 g/mol. The van der Waals surface area contributed by atoms with E-state index in [2.05, 4.69) is 24.8 Å². The summed E-state index contributed by atoms with van der Waals surface area (Å²) in [6.07, 6.45) is 3.59. The number of piperidine rings is 1. The molecule has 0 unspecified atom stereocenters. The molecule has 1 aromatic rings. The fourth-order valence-corrected chi connectivity index (χ4v) is 2.74. The van der Waals surface area contributed by atoms with Crippen molar-refractivity contribution in [2.45, 2.75) is 33.1 Å². The molecule has 0 aliphatic carbocycles. The van der Waals surface area contributed by atoms with E-state index < -0.39 is 0 Å². The first-order valence-electron chi connectivity index (χ1n) is 6.53. The molecule has 0 saturated carbocycles. The van der Waals surface area contributed by atoms with Gasteiger partial charge in [-0.25, -0.2) is 0 Å². The quantitative estimate of drug-likeness (QED) is 0.798. The van der Waals surface area contributed by atoms with Gasteiger partial charge in [-0.3, -0.25) is 0 Å². The molecule has 1 saturated heterocycles. The van der Waals surface area contributed by atoms with Crippen LogP contribution in [0.1, 0.15) is 38.7 Å². The first kappa shape index (κ1) is 13.2. The minimum absolute atomic E-state index is 0.460. The van der Waals surface area contributed by atoms with Gasteiger partial charge in [-0.05, 0) is 30.4 Å². The van der Waals surface area contributed by atoms with Gasteiger partial charge in [0.2, 0.25) is 0 Å². The van der Waals surface area contributed by atoms with Crippen molar-refractivity contribution in [1.29, 1.82) is 5.26 Å². The monoisotopic (exact) mass is 262 g/mol. The van der Waals surface area contributed by atoms with Crippen LogP contribution in [0.25, 0.3) is 0 Å². The zero-order valence-corrected chi connectivity index (χ0v) is 11.8. The van der Waals surface area contributed by atoms with Gasteiger partial charge in [0.25, 0.3) is 0 Å². The van der Waals surface area contributed by atoms with Crippen molar-refractivity contribution in [3.8, 4) is 6.07 Å². The molecule has 0 aromatic heterocycles. The van der Waals surface area contributed by atoms with Crippen LogP contribution < -0.4 is 4.90 Å². The molecule has 1 aliphatic rings. The third-order valence-electron chi connectivity index (χ3n) is 4.27. The van der Waals surface area contributed by atoms with Gasteiger partial charge in [-0.2, -0.15) is 5.26 Å². The Morgan fingerprint density at radius 2 is 2.06 bits per heavy atom. The lowest BCUT2D eigenvalue weighted by atomic mass is 9.78. The molecule has 1 fully saturated rings. The van der Waals surface area contributed by atoms with E-state index in [1.165, 1.54) is 19.3 Å². The fourth-order valence-electron chi connectivity index (χ4n) is 2.53. The first-order chi connectivity index (χ1) is 8.59. The molecular formula is C15H19ClN2. The number of hydrogen-bond acceptors (Lipinski definition) is 2. The molecule has 0 spiro atoms. The molecule has 96 valence electrons. The predicted octanol–water partition coefficient (Wildman–Crippen LogP) is 4.23. The van der Waals surface area contributed by atoms with Gasteiger partial charge < -0.3 is 4.90 Å². The van der Waals surface area contributed by atoms with Gasteiger partial charge in [-0.15, -0.1) is 0 Å². The number of halogens is 1. The summed E-state index contributed by atoms with van der Waals surface area (Å²) in [6.45, 7) is 6.64. The number of nitriles is 1. The summed E-state index contributed by atoms with van der Waals surface area (Å²) < 4.78 is 0. The normalized spacial score (nSPS) is 18.4. The highest BCUT2D eigenvalue weighted by molar-refractivity contribution is 6.32. The average Bonchev–Trinajstić information content (AvgIpc) is 2.39. The third-order valence-corrected chi connectivity index (χ3v) is 4.58. The molecule has 3 heteroatoms. The van der Waals surface area contributed by atoms with E-state index in [1.54, 1.807) is 6.07 Å². The summed E-state index contributed by atoms with van der Waals surface area (Å²) in [5.41, 5.74) is 2.06. The smallest absolute Gasteiger partial charge is 0.103 e. The molecule has 1 heterocycles. The molecule has 18 heavy (non-hydrogen) atoms. The number of anilines is 1. The van der Waals surface area contributed by atoms with E-state index in [1.807, 2.05) is 12.1 Å². The Labute approximate surface area is 114 Å². The van der Waals surface area contributed by atoms with Gasteiger partial charge in [0.1, 0.15) is 6.07 Å². The Hall–Kier alpha value is -1.20. The van der Waals surface area contributed by atoms with E-state index in [9.17, 15) is 5.26 Å². The summed E-state index contributed by atoms with van der Waals surface area (Å²) >= 11 is 6.08. The SMILES string of the molecule is CCC1(C)CCN(c2cccc(Cl)c2C#N)CC1. The van der Waals surface area contributed by atoms with Crippen molar-refractivity contribution in [3.05, 3.63) is 28.8 Å². The van der Waals surface area contributed by atoms with Crippen molar-refractivity contribution < 1.29 is 0 Å². The Bertz CT molecular complexity index is 468. The standard InChI is InChI=1S/C15H19ClN2/c1-3-15(2)7-9-18(10-8-15)14-6-4-5-13(16)12(14)11-17/h4-6H,3,7-10H2,1-2H3. The van der Waals surface area contributed by atoms with Crippen LogP contribution in [0.2, 0.25) is 5.02 Å². The molecule has 1 aromatic carbocycles. The maximum absolute atomic E-state index is 9.22. The fraction of sp³-hybridized carbons (Fsp3) is 0.533. The Balaban J connectivity index is 2.21. The number of nitrogens with zero attached hydrogens (tertiary/aromatic N) is 2. The van der Waals surface area contributed by atoms with Crippen LogP contribution in [-0.2, 0) is 0 Å². The molecular weight excluding hydrogens is 244 g/mol. The Morgan fingerprint density at radius 3 is 2.61 bits per heavy atom. The zero-order valence-electron chi connectivity index (χ0n) is 11.0. The largest absolute Gasteiger partial charge is 0.370 e. The van der Waals surface area contributed by atoms with Crippen molar-refractivity contribution in [2.75, 3.05) is 18.0 Å². The third kappa shape index (κ3) is 2.47. The first-order valence-corrected chi connectivity index (χ1v) is 6.91. The topological polar surface area (TPSA) is 27.0 Å². The van der Waals surface area contributed by atoms with Crippen LogP contribution in [0.4, 0.5) is 5.69 Å². The van der Waals surface area contributed by atoms with Crippen molar-refractivity contribution in [1.82, 2.24) is 0 Å². The number of hydrogen-bond donors (Lipinski definition) is 0. The van der Waals surface area contributed by atoms with Gasteiger partial charge in [0, 0.05) is 13.1 Å². The highest BCUT2D eigenvalue weighted by Gasteiger charge is 2.29. The van der Waals surface area contributed by atoms with Gasteiger partial charge >= 0.3 is 0 Å².